The van der Waals surface area contributed by atoms with Crippen LogP contribution in [0.2, 0.25) is 0 Å². The van der Waals surface area contributed by atoms with Crippen molar-refractivity contribution in [1.82, 2.24) is 0 Å². The molecule has 1 aromatic carbocycles. The molecule has 0 radical (unpaired) electrons. The summed E-state index contributed by atoms with van der Waals surface area (Å²) in [5, 5.41) is 0. The summed E-state index contributed by atoms with van der Waals surface area (Å²) in [7, 11) is -4.72. The van der Waals surface area contributed by atoms with Crippen LogP contribution >= 0.6 is 10.7 Å². The quantitative estimate of drug-likeness (QED) is 0.848. The Bertz CT molecular complexity index is 741. The van der Waals surface area contributed by atoms with Gasteiger partial charge in [-0.15, -0.1) is 0 Å². The Morgan fingerprint density at radius 3 is 1.95 bits per heavy atom. The van der Waals surface area contributed by atoms with E-state index in [0.717, 1.165) is 6.07 Å². The number of sulfonamides is 1. The number of anilines is 1. The number of aryl methyl sites for hydroxylation is 2. The average Bonchev–Trinajstić information content (AvgIpc) is 2.18. The van der Waals surface area contributed by atoms with Crippen LogP contribution in [0.25, 0.3) is 0 Å². The standard InChI is InChI=1S/C9H9ClF3NO4S2/c1-5-3-6(2)8(19(10,15)16)4-7(5)14-20(17,18)9(11,12)13/h3-4,14H,1-2H3. The van der Waals surface area contributed by atoms with Crippen molar-refractivity contribution in [2.75, 3.05) is 4.72 Å². The molecule has 20 heavy (non-hydrogen) atoms. The van der Waals surface area contributed by atoms with Crippen LogP contribution in [0.3, 0.4) is 0 Å². The predicted octanol–water partition coefficient (Wildman–Crippen LogP) is 2.49. The number of benzene rings is 1. The lowest BCUT2D eigenvalue weighted by atomic mass is 10.1. The SMILES string of the molecule is Cc1cc(C)c(S(=O)(=O)Cl)cc1NS(=O)(=O)C(F)(F)F. The van der Waals surface area contributed by atoms with Crippen molar-refractivity contribution < 1.29 is 30.0 Å². The molecule has 114 valence electrons. The first-order chi connectivity index (χ1) is 8.75. The number of hydrogen-bond acceptors (Lipinski definition) is 4. The maximum atomic E-state index is 12.3. The molecule has 11 heteroatoms. The summed E-state index contributed by atoms with van der Waals surface area (Å²) in [6.07, 6.45) is 0. The molecular formula is C9H9ClF3NO4S2. The molecule has 0 saturated heterocycles. The van der Waals surface area contributed by atoms with E-state index in [0.29, 0.717) is 0 Å². The first kappa shape index (κ1) is 17.1. The van der Waals surface area contributed by atoms with Gasteiger partial charge in [-0.05, 0) is 31.0 Å². The van der Waals surface area contributed by atoms with E-state index in [9.17, 15) is 30.0 Å². The lowest BCUT2D eigenvalue weighted by Gasteiger charge is -2.14. The average molecular weight is 352 g/mol. The highest BCUT2D eigenvalue weighted by molar-refractivity contribution is 8.13. The van der Waals surface area contributed by atoms with Crippen LogP contribution in [0.5, 0.6) is 0 Å². The van der Waals surface area contributed by atoms with E-state index in [-0.39, 0.29) is 11.1 Å². The Kier molecular flexibility index (Phi) is 4.33. The van der Waals surface area contributed by atoms with E-state index in [1.807, 2.05) is 0 Å². The Morgan fingerprint density at radius 1 is 1.05 bits per heavy atom. The summed E-state index contributed by atoms with van der Waals surface area (Å²) in [5.41, 5.74) is -5.70. The van der Waals surface area contributed by atoms with Crippen LogP contribution in [-0.2, 0) is 19.1 Å². The zero-order valence-electron chi connectivity index (χ0n) is 10.1. The van der Waals surface area contributed by atoms with Gasteiger partial charge in [-0.3, -0.25) is 4.72 Å². The second-order valence-electron chi connectivity index (χ2n) is 3.92. The summed E-state index contributed by atoms with van der Waals surface area (Å²) >= 11 is 0. The maximum absolute atomic E-state index is 12.3. The van der Waals surface area contributed by atoms with E-state index >= 15 is 0 Å². The maximum Gasteiger partial charge on any atom is 0.516 e. The first-order valence-electron chi connectivity index (χ1n) is 4.90. The molecule has 0 aromatic heterocycles. The highest BCUT2D eigenvalue weighted by Gasteiger charge is 2.46. The molecule has 0 aliphatic heterocycles. The van der Waals surface area contributed by atoms with Gasteiger partial charge in [0.25, 0.3) is 9.05 Å². The van der Waals surface area contributed by atoms with Gasteiger partial charge < -0.3 is 0 Å². The van der Waals surface area contributed by atoms with Gasteiger partial charge in [0, 0.05) is 10.7 Å². The number of hydrogen-bond donors (Lipinski definition) is 1. The molecule has 0 spiro atoms. The minimum Gasteiger partial charge on any atom is -0.276 e. The second-order valence-corrected chi connectivity index (χ2v) is 8.13. The lowest BCUT2D eigenvalue weighted by molar-refractivity contribution is -0.0429. The molecular weight excluding hydrogens is 343 g/mol. The molecule has 0 fully saturated rings. The van der Waals surface area contributed by atoms with Crippen LogP contribution in [-0.4, -0.2) is 22.3 Å². The molecule has 1 aromatic rings. The summed E-state index contributed by atoms with van der Waals surface area (Å²) < 4.78 is 82.6. The number of halogens is 4. The third kappa shape index (κ3) is 3.55. The van der Waals surface area contributed by atoms with Gasteiger partial charge in [0.15, 0.2) is 0 Å². The van der Waals surface area contributed by atoms with Crippen molar-refractivity contribution in [1.29, 1.82) is 0 Å². The number of alkyl halides is 3. The van der Waals surface area contributed by atoms with Crippen LogP contribution < -0.4 is 4.72 Å². The molecule has 0 atom stereocenters. The highest BCUT2D eigenvalue weighted by atomic mass is 35.7. The zero-order valence-corrected chi connectivity index (χ0v) is 12.5. The van der Waals surface area contributed by atoms with Crippen LogP contribution in [0.4, 0.5) is 18.9 Å². The van der Waals surface area contributed by atoms with Crippen molar-refractivity contribution in [3.8, 4) is 0 Å². The Morgan fingerprint density at radius 2 is 1.55 bits per heavy atom. The molecule has 5 nitrogen and oxygen atoms in total. The van der Waals surface area contributed by atoms with Crippen molar-refractivity contribution in [3.63, 3.8) is 0 Å². The minimum atomic E-state index is -5.64. The van der Waals surface area contributed by atoms with Crippen molar-refractivity contribution in [2.24, 2.45) is 0 Å². The van der Waals surface area contributed by atoms with Crippen LogP contribution in [0, 0.1) is 13.8 Å². The normalized spacial score (nSPS) is 13.3. The zero-order chi connectivity index (χ0) is 15.9. The molecule has 1 N–H and O–H groups in total. The van der Waals surface area contributed by atoms with Gasteiger partial charge in [0.05, 0.1) is 10.6 Å². The number of rotatable bonds is 3. The molecule has 0 amide bonds. The van der Waals surface area contributed by atoms with Gasteiger partial charge in [-0.2, -0.15) is 21.6 Å². The van der Waals surface area contributed by atoms with E-state index in [4.69, 9.17) is 10.7 Å². The first-order valence-corrected chi connectivity index (χ1v) is 8.70. The second kappa shape index (κ2) is 5.08. The fraction of sp³-hybridized carbons (Fsp3) is 0.333. The number of nitrogens with one attached hydrogen (secondary N) is 1. The topological polar surface area (TPSA) is 80.3 Å². The molecule has 0 bridgehead atoms. The fourth-order valence-corrected chi connectivity index (χ4v) is 3.23. The molecule has 0 unspecified atom stereocenters. The smallest absolute Gasteiger partial charge is 0.276 e. The molecule has 1 rings (SSSR count). The van der Waals surface area contributed by atoms with E-state index in [1.165, 1.54) is 24.6 Å². The fourth-order valence-electron chi connectivity index (χ4n) is 1.41. The van der Waals surface area contributed by atoms with Gasteiger partial charge in [0.2, 0.25) is 0 Å². The Balaban J connectivity index is 3.43. The van der Waals surface area contributed by atoms with E-state index in [2.05, 4.69) is 0 Å². The largest absolute Gasteiger partial charge is 0.516 e. The van der Waals surface area contributed by atoms with Crippen molar-refractivity contribution >= 4 is 35.4 Å². The predicted molar refractivity (Wildman–Crippen MR) is 67.6 cm³/mol. The van der Waals surface area contributed by atoms with Crippen LogP contribution in [0.15, 0.2) is 17.0 Å². The summed E-state index contributed by atoms with van der Waals surface area (Å²) in [5.74, 6) is 0. The highest BCUT2D eigenvalue weighted by Crippen LogP contribution is 2.30. The summed E-state index contributed by atoms with van der Waals surface area (Å²) in [6, 6.07) is 1.96. The van der Waals surface area contributed by atoms with E-state index in [1.54, 1.807) is 0 Å². The van der Waals surface area contributed by atoms with Crippen LogP contribution in [0.1, 0.15) is 11.1 Å². The summed E-state index contributed by atoms with van der Waals surface area (Å²) in [6.45, 7) is 2.70. The lowest BCUT2D eigenvalue weighted by Crippen LogP contribution is -2.30. The van der Waals surface area contributed by atoms with Crippen molar-refractivity contribution in [3.05, 3.63) is 23.3 Å². The molecule has 0 aliphatic carbocycles. The van der Waals surface area contributed by atoms with Crippen molar-refractivity contribution in [2.45, 2.75) is 24.3 Å². The monoisotopic (exact) mass is 351 g/mol. The molecule has 0 aliphatic rings. The Labute approximate surface area is 118 Å². The minimum absolute atomic E-state index is 0.124. The molecule has 0 saturated carbocycles. The van der Waals surface area contributed by atoms with Gasteiger partial charge in [-0.1, -0.05) is 6.07 Å². The van der Waals surface area contributed by atoms with Gasteiger partial charge in [-0.25, -0.2) is 8.42 Å². The summed E-state index contributed by atoms with van der Waals surface area (Å²) in [4.78, 5) is -0.468. The van der Waals surface area contributed by atoms with Gasteiger partial charge >= 0.3 is 15.5 Å². The Hall–Kier alpha value is -1.00. The molecule has 0 heterocycles. The third-order valence-corrected chi connectivity index (χ3v) is 4.90. The van der Waals surface area contributed by atoms with Gasteiger partial charge in [0.1, 0.15) is 0 Å². The van der Waals surface area contributed by atoms with E-state index < -0.39 is 35.2 Å². The third-order valence-electron chi connectivity index (χ3n) is 2.33.